The molecule has 1 N–H and O–H groups in total. The van der Waals surface area contributed by atoms with Gasteiger partial charge in [0.15, 0.2) is 16.7 Å². The van der Waals surface area contributed by atoms with E-state index in [1.165, 1.54) is 11.8 Å². The fraction of sp³-hybridized carbons (Fsp3) is 0.0588. The van der Waals surface area contributed by atoms with Crippen LogP contribution in [-0.2, 0) is 4.79 Å². The normalized spacial score (nSPS) is 18.7. The molecule has 2 aromatic carbocycles. The van der Waals surface area contributed by atoms with Crippen LogP contribution >= 0.6 is 50.9 Å². The largest absolute Gasteiger partial charge is 0.454 e. The minimum atomic E-state index is -0.239. The Bertz CT molecular complexity index is 994. The maximum absolute atomic E-state index is 12.3. The van der Waals surface area contributed by atoms with Crippen LogP contribution in [0.15, 0.2) is 44.7 Å². The van der Waals surface area contributed by atoms with Crippen LogP contribution in [0.1, 0.15) is 5.56 Å². The van der Waals surface area contributed by atoms with Gasteiger partial charge in [-0.3, -0.25) is 4.79 Å². The van der Waals surface area contributed by atoms with Gasteiger partial charge in [-0.1, -0.05) is 45.2 Å². The summed E-state index contributed by atoms with van der Waals surface area (Å²) in [5.41, 5.74) is 1.29. The number of rotatable bonds is 2. The molecule has 0 bridgehead atoms. The molecule has 0 radical (unpaired) electrons. The topological polar surface area (TPSA) is 59.9 Å². The molecule has 0 saturated carbocycles. The van der Waals surface area contributed by atoms with Crippen LogP contribution in [0.25, 0.3) is 6.08 Å². The van der Waals surface area contributed by atoms with Crippen molar-refractivity contribution in [2.75, 3.05) is 6.79 Å². The van der Waals surface area contributed by atoms with Crippen LogP contribution in [0.2, 0.25) is 10.0 Å². The van der Waals surface area contributed by atoms with E-state index in [4.69, 9.17) is 32.7 Å². The molecule has 0 unspecified atom stereocenters. The number of nitrogens with one attached hydrogen (secondary N) is 1. The predicted octanol–water partition coefficient (Wildman–Crippen LogP) is 5.38. The zero-order valence-corrected chi connectivity index (χ0v) is 16.8. The van der Waals surface area contributed by atoms with Gasteiger partial charge in [0.1, 0.15) is 0 Å². The van der Waals surface area contributed by atoms with Crippen molar-refractivity contribution in [1.82, 2.24) is 5.32 Å². The summed E-state index contributed by atoms with van der Waals surface area (Å²) < 4.78 is 11.5. The molecule has 26 heavy (non-hydrogen) atoms. The molecule has 2 aliphatic rings. The fourth-order valence-electron chi connectivity index (χ4n) is 2.35. The van der Waals surface area contributed by atoms with Crippen LogP contribution in [0.3, 0.4) is 0 Å². The average Bonchev–Trinajstić information content (AvgIpc) is 3.18. The van der Waals surface area contributed by atoms with E-state index in [-0.39, 0.29) is 12.7 Å². The zero-order valence-electron chi connectivity index (χ0n) is 12.9. The molecule has 2 aliphatic heterocycles. The molecule has 1 fully saturated rings. The zero-order chi connectivity index (χ0) is 18.3. The molecule has 0 spiro atoms. The number of amides is 1. The fourth-order valence-corrected chi connectivity index (χ4v) is 3.95. The summed E-state index contributed by atoms with van der Waals surface area (Å²) >= 11 is 16.8. The molecular formula is C17H9BrCl2N2O3S. The highest BCUT2D eigenvalue weighted by atomic mass is 79.9. The van der Waals surface area contributed by atoms with E-state index in [2.05, 4.69) is 26.2 Å². The first-order chi connectivity index (χ1) is 12.5. The molecule has 0 atom stereocenters. The van der Waals surface area contributed by atoms with Crippen molar-refractivity contribution in [3.05, 3.63) is 55.3 Å². The number of thioether (sulfide) groups is 1. The van der Waals surface area contributed by atoms with E-state index in [1.807, 2.05) is 12.1 Å². The predicted molar refractivity (Wildman–Crippen MR) is 108 cm³/mol. The van der Waals surface area contributed by atoms with E-state index in [1.54, 1.807) is 24.3 Å². The molecule has 0 aromatic heterocycles. The molecule has 5 nitrogen and oxygen atoms in total. The maximum Gasteiger partial charge on any atom is 0.264 e. The third-order valence-electron chi connectivity index (χ3n) is 3.58. The number of hydrogen-bond donors (Lipinski definition) is 1. The van der Waals surface area contributed by atoms with E-state index in [0.29, 0.717) is 37.3 Å². The Hall–Kier alpha value is -1.67. The summed E-state index contributed by atoms with van der Waals surface area (Å²) in [6, 6.07) is 8.78. The van der Waals surface area contributed by atoms with Crippen LogP contribution < -0.4 is 14.8 Å². The van der Waals surface area contributed by atoms with Crippen molar-refractivity contribution in [3.63, 3.8) is 0 Å². The van der Waals surface area contributed by atoms with Gasteiger partial charge < -0.3 is 14.8 Å². The van der Waals surface area contributed by atoms with E-state index >= 15 is 0 Å². The molecule has 132 valence electrons. The van der Waals surface area contributed by atoms with Crippen molar-refractivity contribution < 1.29 is 14.3 Å². The van der Waals surface area contributed by atoms with Gasteiger partial charge in [0.05, 0.1) is 20.6 Å². The number of aliphatic imine (C=N–C) groups is 1. The average molecular weight is 472 g/mol. The van der Waals surface area contributed by atoms with Crippen molar-refractivity contribution in [2.45, 2.75) is 0 Å². The van der Waals surface area contributed by atoms with Crippen molar-refractivity contribution in [2.24, 2.45) is 4.99 Å². The maximum atomic E-state index is 12.3. The molecule has 1 saturated heterocycles. The third-order valence-corrected chi connectivity index (χ3v) is 5.99. The van der Waals surface area contributed by atoms with Crippen LogP contribution in [0, 0.1) is 0 Å². The van der Waals surface area contributed by atoms with Gasteiger partial charge in [-0.2, -0.15) is 0 Å². The minimum Gasteiger partial charge on any atom is -0.454 e. The molecule has 1 amide bonds. The Balaban J connectivity index is 1.63. The Morgan fingerprint density at radius 1 is 1.23 bits per heavy atom. The molecule has 2 aromatic rings. The number of hydrogen-bond acceptors (Lipinski definition) is 5. The van der Waals surface area contributed by atoms with Crippen LogP contribution in [0.4, 0.5) is 5.69 Å². The lowest BCUT2D eigenvalue weighted by molar-refractivity contribution is -0.115. The van der Waals surface area contributed by atoms with Gasteiger partial charge in [-0.05, 0) is 47.7 Å². The number of halogens is 3. The lowest BCUT2D eigenvalue weighted by Crippen LogP contribution is -2.19. The van der Waals surface area contributed by atoms with E-state index < -0.39 is 0 Å². The number of benzene rings is 2. The third kappa shape index (κ3) is 3.44. The highest BCUT2D eigenvalue weighted by molar-refractivity contribution is 9.10. The van der Waals surface area contributed by atoms with Crippen LogP contribution in [-0.4, -0.2) is 17.9 Å². The first-order valence-corrected chi connectivity index (χ1v) is 9.70. The monoisotopic (exact) mass is 470 g/mol. The van der Waals surface area contributed by atoms with Crippen molar-refractivity contribution in [3.8, 4) is 11.5 Å². The molecule has 9 heteroatoms. The SMILES string of the molecule is O=C1NC(=Nc2cccc(Cl)c2Cl)S/C1=C\c1cc2c(cc1Br)OCO2. The summed E-state index contributed by atoms with van der Waals surface area (Å²) in [7, 11) is 0. The van der Waals surface area contributed by atoms with Crippen molar-refractivity contribution in [1.29, 1.82) is 0 Å². The highest BCUT2D eigenvalue weighted by Crippen LogP contribution is 2.39. The molecule has 2 heterocycles. The smallest absolute Gasteiger partial charge is 0.264 e. The van der Waals surface area contributed by atoms with E-state index in [9.17, 15) is 4.79 Å². The van der Waals surface area contributed by atoms with Gasteiger partial charge in [0, 0.05) is 4.47 Å². The molecular weight excluding hydrogens is 463 g/mol. The Labute approximate surface area is 171 Å². The van der Waals surface area contributed by atoms with Crippen molar-refractivity contribution >= 4 is 73.7 Å². The number of amidine groups is 1. The Morgan fingerprint density at radius 3 is 2.81 bits per heavy atom. The molecule has 4 rings (SSSR count). The van der Waals surface area contributed by atoms with Gasteiger partial charge in [0.25, 0.3) is 5.91 Å². The van der Waals surface area contributed by atoms with E-state index in [0.717, 1.165) is 10.0 Å². The number of nitrogens with zero attached hydrogens (tertiary/aromatic N) is 1. The summed E-state index contributed by atoms with van der Waals surface area (Å²) in [5.74, 6) is 1.07. The first-order valence-electron chi connectivity index (χ1n) is 7.34. The summed E-state index contributed by atoms with van der Waals surface area (Å²) in [5, 5.41) is 3.90. The molecule has 0 aliphatic carbocycles. The number of carbonyl (C=O) groups excluding carboxylic acids is 1. The Kier molecular flexibility index (Phi) is 4.88. The second-order valence-corrected chi connectivity index (χ2v) is 7.95. The van der Waals surface area contributed by atoms with Gasteiger partial charge >= 0.3 is 0 Å². The second kappa shape index (κ2) is 7.15. The first kappa shape index (κ1) is 17.7. The Morgan fingerprint density at radius 2 is 2.00 bits per heavy atom. The number of carbonyl (C=O) groups is 1. The quantitative estimate of drug-likeness (QED) is 0.597. The lowest BCUT2D eigenvalue weighted by atomic mass is 10.2. The standard InChI is InChI=1S/C17H9BrCl2N2O3S/c18-9-6-13-12(24-7-25-13)4-8(9)5-14-16(23)22-17(26-14)21-11-3-1-2-10(19)15(11)20/h1-6H,7H2,(H,21,22,23)/b14-5-. The lowest BCUT2D eigenvalue weighted by Gasteiger charge is -2.02. The minimum absolute atomic E-state index is 0.189. The number of fused-ring (bicyclic) bond motifs is 1. The summed E-state index contributed by atoms with van der Waals surface area (Å²) in [4.78, 5) is 17.1. The van der Waals surface area contributed by atoms with Gasteiger partial charge in [0.2, 0.25) is 6.79 Å². The summed E-state index contributed by atoms with van der Waals surface area (Å²) in [6.45, 7) is 0.189. The second-order valence-electron chi connectivity index (χ2n) is 5.28. The van der Waals surface area contributed by atoms with Crippen LogP contribution in [0.5, 0.6) is 11.5 Å². The van der Waals surface area contributed by atoms with Gasteiger partial charge in [-0.25, -0.2) is 4.99 Å². The summed E-state index contributed by atoms with van der Waals surface area (Å²) in [6.07, 6.45) is 1.76. The number of ether oxygens (including phenoxy) is 2. The van der Waals surface area contributed by atoms with Gasteiger partial charge in [-0.15, -0.1) is 0 Å². The highest BCUT2D eigenvalue weighted by Gasteiger charge is 2.25.